The van der Waals surface area contributed by atoms with E-state index in [1.807, 2.05) is 6.07 Å². The number of hydrogen-bond acceptors (Lipinski definition) is 3. The molecular weight excluding hydrogens is 248 g/mol. The fraction of sp³-hybridized carbons (Fsp3) is 0.647. The van der Waals surface area contributed by atoms with Crippen molar-refractivity contribution in [2.75, 3.05) is 26.7 Å². The van der Waals surface area contributed by atoms with Crippen LogP contribution in [-0.2, 0) is 11.2 Å². The predicted octanol–water partition coefficient (Wildman–Crippen LogP) is 2.45. The van der Waals surface area contributed by atoms with E-state index in [0.717, 1.165) is 19.4 Å². The van der Waals surface area contributed by atoms with Gasteiger partial charge in [-0.3, -0.25) is 0 Å². The summed E-state index contributed by atoms with van der Waals surface area (Å²) in [6, 6.07) is 11.2. The molecule has 2 N–H and O–H groups in total. The number of benzene rings is 1. The topological polar surface area (TPSA) is 38.5 Å². The van der Waals surface area contributed by atoms with Crippen molar-refractivity contribution in [1.82, 2.24) is 4.90 Å². The minimum absolute atomic E-state index is 0.145. The first-order valence-electron chi connectivity index (χ1n) is 7.85. The van der Waals surface area contributed by atoms with Gasteiger partial charge in [-0.2, -0.15) is 0 Å². The second-order valence-corrected chi connectivity index (χ2v) is 5.84. The molecule has 0 aliphatic carbocycles. The second kappa shape index (κ2) is 8.40. The van der Waals surface area contributed by atoms with E-state index in [9.17, 15) is 0 Å². The van der Waals surface area contributed by atoms with Gasteiger partial charge in [0.25, 0.3) is 0 Å². The van der Waals surface area contributed by atoms with Gasteiger partial charge in [0, 0.05) is 19.2 Å². The quantitative estimate of drug-likeness (QED) is 0.831. The zero-order valence-corrected chi connectivity index (χ0v) is 12.6. The third-order valence-corrected chi connectivity index (χ3v) is 4.30. The van der Waals surface area contributed by atoms with E-state index >= 15 is 0 Å². The molecule has 0 radical (unpaired) electrons. The van der Waals surface area contributed by atoms with Crippen molar-refractivity contribution in [3.05, 3.63) is 35.9 Å². The van der Waals surface area contributed by atoms with E-state index in [0.29, 0.717) is 12.6 Å². The summed E-state index contributed by atoms with van der Waals surface area (Å²) in [6.07, 6.45) is 6.20. The lowest BCUT2D eigenvalue weighted by Crippen LogP contribution is -2.37. The molecule has 0 aromatic heterocycles. The Kier molecular flexibility index (Phi) is 6.51. The number of ether oxygens (including phenoxy) is 1. The molecule has 1 saturated heterocycles. The van der Waals surface area contributed by atoms with E-state index in [2.05, 4.69) is 36.2 Å². The molecule has 1 aromatic carbocycles. The summed E-state index contributed by atoms with van der Waals surface area (Å²) < 4.78 is 5.99. The molecule has 1 aromatic rings. The van der Waals surface area contributed by atoms with Crippen molar-refractivity contribution in [1.29, 1.82) is 0 Å². The van der Waals surface area contributed by atoms with Crippen LogP contribution in [0.15, 0.2) is 30.3 Å². The van der Waals surface area contributed by atoms with Gasteiger partial charge in [0.15, 0.2) is 0 Å². The standard InChI is InChI=1S/C17H28N2O/c1-19-11-6-5-9-16(19)10-12-20-17(14-18)13-15-7-3-2-4-8-15/h2-4,7-8,16-17H,5-6,9-14,18H2,1H3/t16-,17-/m1/s1. The lowest BCUT2D eigenvalue weighted by molar-refractivity contribution is 0.0390. The molecule has 20 heavy (non-hydrogen) atoms. The van der Waals surface area contributed by atoms with E-state index in [-0.39, 0.29) is 6.10 Å². The van der Waals surface area contributed by atoms with Gasteiger partial charge < -0.3 is 15.4 Å². The van der Waals surface area contributed by atoms with Crippen molar-refractivity contribution in [2.24, 2.45) is 5.73 Å². The molecule has 3 nitrogen and oxygen atoms in total. The maximum absolute atomic E-state index is 5.99. The highest BCUT2D eigenvalue weighted by molar-refractivity contribution is 5.15. The lowest BCUT2D eigenvalue weighted by atomic mass is 10.0. The highest BCUT2D eigenvalue weighted by atomic mass is 16.5. The summed E-state index contributed by atoms with van der Waals surface area (Å²) in [5.41, 5.74) is 7.14. The molecular formula is C17H28N2O. The average Bonchev–Trinajstić information content (AvgIpc) is 2.49. The summed E-state index contributed by atoms with van der Waals surface area (Å²) in [5, 5.41) is 0. The molecule has 0 spiro atoms. The van der Waals surface area contributed by atoms with Gasteiger partial charge in [0.05, 0.1) is 6.10 Å². The van der Waals surface area contributed by atoms with Crippen molar-refractivity contribution in [3.8, 4) is 0 Å². The van der Waals surface area contributed by atoms with E-state index in [4.69, 9.17) is 10.5 Å². The summed E-state index contributed by atoms with van der Waals surface area (Å²) in [5.74, 6) is 0. The first-order valence-corrected chi connectivity index (χ1v) is 7.85. The number of nitrogens with two attached hydrogens (primary N) is 1. The molecule has 112 valence electrons. The van der Waals surface area contributed by atoms with E-state index in [1.54, 1.807) is 0 Å². The van der Waals surface area contributed by atoms with Crippen molar-refractivity contribution in [2.45, 2.75) is 44.2 Å². The summed E-state index contributed by atoms with van der Waals surface area (Å²) in [6.45, 7) is 2.65. The third-order valence-electron chi connectivity index (χ3n) is 4.30. The van der Waals surface area contributed by atoms with Crippen LogP contribution < -0.4 is 5.73 Å². The number of rotatable bonds is 7. The Balaban J connectivity index is 1.71. The third kappa shape index (κ3) is 4.89. The molecule has 1 fully saturated rings. The Morgan fingerprint density at radius 1 is 1.30 bits per heavy atom. The Hall–Kier alpha value is -0.900. The van der Waals surface area contributed by atoms with Gasteiger partial charge in [-0.1, -0.05) is 36.8 Å². The summed E-state index contributed by atoms with van der Waals surface area (Å²) in [7, 11) is 2.23. The second-order valence-electron chi connectivity index (χ2n) is 5.84. The molecule has 3 heteroatoms. The maximum Gasteiger partial charge on any atom is 0.0737 e. The predicted molar refractivity (Wildman–Crippen MR) is 83.8 cm³/mol. The normalized spacial score (nSPS) is 21.8. The van der Waals surface area contributed by atoms with Crippen LogP contribution in [0, 0.1) is 0 Å². The van der Waals surface area contributed by atoms with Crippen molar-refractivity contribution >= 4 is 0 Å². The molecule has 2 atom stereocenters. The first-order chi connectivity index (χ1) is 9.79. The van der Waals surface area contributed by atoms with Gasteiger partial charge in [-0.15, -0.1) is 0 Å². The Morgan fingerprint density at radius 2 is 2.10 bits per heavy atom. The van der Waals surface area contributed by atoms with Gasteiger partial charge in [-0.25, -0.2) is 0 Å². The number of piperidine rings is 1. The van der Waals surface area contributed by atoms with Crippen LogP contribution in [0.2, 0.25) is 0 Å². The van der Waals surface area contributed by atoms with Crippen LogP contribution in [0.25, 0.3) is 0 Å². The molecule has 0 amide bonds. The van der Waals surface area contributed by atoms with Crippen LogP contribution in [0.1, 0.15) is 31.2 Å². The van der Waals surface area contributed by atoms with E-state index < -0.39 is 0 Å². The summed E-state index contributed by atoms with van der Waals surface area (Å²) in [4.78, 5) is 2.47. The van der Waals surface area contributed by atoms with Gasteiger partial charge >= 0.3 is 0 Å². The van der Waals surface area contributed by atoms with Crippen LogP contribution >= 0.6 is 0 Å². The number of nitrogens with zero attached hydrogens (tertiary/aromatic N) is 1. The van der Waals surface area contributed by atoms with Crippen molar-refractivity contribution in [3.63, 3.8) is 0 Å². The highest BCUT2D eigenvalue weighted by Gasteiger charge is 2.19. The average molecular weight is 276 g/mol. The minimum atomic E-state index is 0.145. The van der Waals surface area contributed by atoms with Gasteiger partial charge in [-0.05, 0) is 44.8 Å². The molecule has 1 aliphatic heterocycles. The number of hydrogen-bond donors (Lipinski definition) is 1. The van der Waals surface area contributed by atoms with Crippen LogP contribution in [-0.4, -0.2) is 43.8 Å². The van der Waals surface area contributed by atoms with Gasteiger partial charge in [0.2, 0.25) is 0 Å². The molecule has 0 bridgehead atoms. The lowest BCUT2D eigenvalue weighted by Gasteiger charge is -2.32. The van der Waals surface area contributed by atoms with Crippen LogP contribution in [0.3, 0.4) is 0 Å². The Morgan fingerprint density at radius 3 is 2.80 bits per heavy atom. The zero-order valence-electron chi connectivity index (χ0n) is 12.6. The molecule has 0 saturated carbocycles. The van der Waals surface area contributed by atoms with Crippen LogP contribution in [0.5, 0.6) is 0 Å². The zero-order chi connectivity index (χ0) is 14.2. The maximum atomic E-state index is 5.99. The number of likely N-dealkylation sites (tertiary alicyclic amines) is 1. The molecule has 1 heterocycles. The fourth-order valence-electron chi connectivity index (χ4n) is 2.97. The fourth-order valence-corrected chi connectivity index (χ4v) is 2.97. The summed E-state index contributed by atoms with van der Waals surface area (Å²) >= 11 is 0. The first kappa shape index (κ1) is 15.5. The smallest absolute Gasteiger partial charge is 0.0737 e. The molecule has 0 unspecified atom stereocenters. The monoisotopic (exact) mass is 276 g/mol. The van der Waals surface area contributed by atoms with E-state index in [1.165, 1.54) is 31.4 Å². The highest BCUT2D eigenvalue weighted by Crippen LogP contribution is 2.18. The minimum Gasteiger partial charge on any atom is -0.376 e. The van der Waals surface area contributed by atoms with Crippen LogP contribution in [0.4, 0.5) is 0 Å². The Bertz CT molecular complexity index is 369. The Labute approximate surface area is 123 Å². The largest absolute Gasteiger partial charge is 0.376 e. The SMILES string of the molecule is CN1CCCC[C@@H]1CCO[C@@H](CN)Cc1ccccc1. The molecule has 1 aliphatic rings. The molecule has 2 rings (SSSR count). The van der Waals surface area contributed by atoms with Gasteiger partial charge in [0.1, 0.15) is 0 Å². The van der Waals surface area contributed by atoms with Crippen molar-refractivity contribution < 1.29 is 4.74 Å².